The minimum atomic E-state index is 0.549. The number of hydrogen-bond donors (Lipinski definition) is 0. The van der Waals surface area contributed by atoms with E-state index in [2.05, 4.69) is 89.9 Å². The van der Waals surface area contributed by atoms with Crippen molar-refractivity contribution in [3.05, 3.63) is 170 Å². The molecule has 0 fully saturated rings. The molecular formula is C48H28N4O2. The lowest BCUT2D eigenvalue weighted by Gasteiger charge is -2.14. The number of rotatable bonds is 5. The third-order valence-corrected chi connectivity index (χ3v) is 10.3. The van der Waals surface area contributed by atoms with Gasteiger partial charge in [-0.2, -0.15) is 0 Å². The molecule has 4 aromatic heterocycles. The molecule has 0 aliphatic rings. The van der Waals surface area contributed by atoms with E-state index < -0.39 is 0 Å². The van der Waals surface area contributed by atoms with Crippen LogP contribution in [0.3, 0.4) is 0 Å². The Morgan fingerprint density at radius 3 is 1.63 bits per heavy atom. The van der Waals surface area contributed by atoms with Crippen LogP contribution in [0.4, 0.5) is 0 Å². The molecular weight excluding hydrogens is 665 g/mol. The van der Waals surface area contributed by atoms with Crippen molar-refractivity contribution in [2.75, 3.05) is 0 Å². The molecule has 6 nitrogen and oxygen atoms in total. The van der Waals surface area contributed by atoms with Crippen LogP contribution in [0.1, 0.15) is 0 Å². The topological polar surface area (TPSA) is 77.8 Å². The molecule has 0 unspecified atom stereocenters. The van der Waals surface area contributed by atoms with E-state index in [1.807, 2.05) is 78.9 Å². The van der Waals surface area contributed by atoms with Gasteiger partial charge < -0.3 is 8.83 Å². The van der Waals surface area contributed by atoms with Crippen molar-refractivity contribution in [3.63, 3.8) is 0 Å². The highest BCUT2D eigenvalue weighted by molar-refractivity contribution is 6.13. The Morgan fingerprint density at radius 2 is 0.870 bits per heavy atom. The van der Waals surface area contributed by atoms with E-state index in [-0.39, 0.29) is 0 Å². The third-order valence-electron chi connectivity index (χ3n) is 10.3. The first-order valence-corrected chi connectivity index (χ1v) is 17.9. The van der Waals surface area contributed by atoms with Crippen LogP contribution < -0.4 is 0 Å². The van der Waals surface area contributed by atoms with Crippen molar-refractivity contribution in [3.8, 4) is 56.4 Å². The van der Waals surface area contributed by atoms with E-state index in [9.17, 15) is 0 Å². The van der Waals surface area contributed by atoms with Gasteiger partial charge in [0.1, 0.15) is 16.7 Å². The molecule has 0 N–H and O–H groups in total. The number of furan rings is 2. The van der Waals surface area contributed by atoms with Crippen molar-refractivity contribution >= 4 is 54.8 Å². The highest BCUT2D eigenvalue weighted by Gasteiger charge is 2.20. The summed E-state index contributed by atoms with van der Waals surface area (Å²) in [7, 11) is 0. The molecule has 6 heteroatoms. The van der Waals surface area contributed by atoms with E-state index in [4.69, 9.17) is 23.8 Å². The van der Waals surface area contributed by atoms with Gasteiger partial charge in [0.15, 0.2) is 17.5 Å². The number of fused-ring (bicyclic) bond motifs is 7. The molecule has 0 aliphatic heterocycles. The number of nitrogens with zero attached hydrogens (tertiary/aromatic N) is 4. The lowest BCUT2D eigenvalue weighted by Crippen LogP contribution is -2.01. The zero-order valence-corrected chi connectivity index (χ0v) is 28.8. The molecule has 7 aromatic carbocycles. The van der Waals surface area contributed by atoms with Gasteiger partial charge in [-0.05, 0) is 63.4 Å². The number of pyridine rings is 1. The summed E-state index contributed by atoms with van der Waals surface area (Å²) < 4.78 is 12.3. The molecule has 4 heterocycles. The molecule has 0 bridgehead atoms. The average molecular weight is 693 g/mol. The van der Waals surface area contributed by atoms with E-state index in [1.54, 1.807) is 6.20 Å². The van der Waals surface area contributed by atoms with Gasteiger partial charge in [-0.3, -0.25) is 0 Å². The fraction of sp³-hybridized carbons (Fsp3) is 0. The van der Waals surface area contributed by atoms with Gasteiger partial charge in [0.25, 0.3) is 0 Å². The number of aromatic nitrogens is 4. The van der Waals surface area contributed by atoms with Crippen LogP contribution in [-0.4, -0.2) is 19.9 Å². The zero-order valence-electron chi connectivity index (χ0n) is 28.8. The fourth-order valence-corrected chi connectivity index (χ4v) is 7.76. The van der Waals surface area contributed by atoms with Gasteiger partial charge in [-0.15, -0.1) is 0 Å². The number of hydrogen-bond acceptors (Lipinski definition) is 6. The SMILES string of the molecule is c1ccc(-c2nc(-c3ccc(-c4ccc(-c5cccc6oc7ccccc7c56)cc4)c4ccccc34)nc(-c3ccnc4oc5ccccc5c34)n2)cc1. The van der Waals surface area contributed by atoms with Crippen LogP contribution >= 0.6 is 0 Å². The second-order valence-corrected chi connectivity index (χ2v) is 13.4. The predicted molar refractivity (Wildman–Crippen MR) is 217 cm³/mol. The zero-order chi connectivity index (χ0) is 35.6. The van der Waals surface area contributed by atoms with E-state index in [0.29, 0.717) is 23.2 Å². The second-order valence-electron chi connectivity index (χ2n) is 13.4. The van der Waals surface area contributed by atoms with Crippen molar-refractivity contribution in [1.82, 2.24) is 19.9 Å². The smallest absolute Gasteiger partial charge is 0.228 e. The first-order valence-electron chi connectivity index (χ1n) is 17.9. The van der Waals surface area contributed by atoms with Gasteiger partial charge in [0.05, 0.1) is 5.39 Å². The lowest BCUT2D eigenvalue weighted by atomic mass is 9.93. The van der Waals surface area contributed by atoms with Gasteiger partial charge in [0.2, 0.25) is 5.71 Å². The molecule has 11 rings (SSSR count). The van der Waals surface area contributed by atoms with Crippen LogP contribution in [0.15, 0.2) is 179 Å². The Bertz CT molecular complexity index is 3220. The normalized spacial score (nSPS) is 11.7. The summed E-state index contributed by atoms with van der Waals surface area (Å²) in [5, 5.41) is 6.27. The molecule has 0 spiro atoms. The molecule has 0 saturated carbocycles. The van der Waals surface area contributed by atoms with Gasteiger partial charge in [-0.1, -0.05) is 133 Å². The van der Waals surface area contributed by atoms with E-state index in [0.717, 1.165) is 88.0 Å². The Labute approximate surface area is 309 Å². The largest absolute Gasteiger partial charge is 0.456 e. The third kappa shape index (κ3) is 4.81. The summed E-state index contributed by atoms with van der Waals surface area (Å²) in [6, 6.07) is 56.1. The van der Waals surface area contributed by atoms with Crippen LogP contribution in [-0.2, 0) is 0 Å². The van der Waals surface area contributed by atoms with Crippen molar-refractivity contribution in [2.45, 2.75) is 0 Å². The molecule has 11 aromatic rings. The molecule has 0 amide bonds. The van der Waals surface area contributed by atoms with Crippen LogP contribution in [0.2, 0.25) is 0 Å². The summed E-state index contributed by atoms with van der Waals surface area (Å²) in [4.78, 5) is 19.9. The maximum atomic E-state index is 6.18. The van der Waals surface area contributed by atoms with Gasteiger partial charge >= 0.3 is 0 Å². The van der Waals surface area contributed by atoms with Crippen LogP contribution in [0, 0.1) is 0 Å². The Hall–Kier alpha value is -7.44. The van der Waals surface area contributed by atoms with Crippen LogP contribution in [0.5, 0.6) is 0 Å². The summed E-state index contributed by atoms with van der Waals surface area (Å²) in [5.41, 5.74) is 10.3. The standard InChI is InChI=1S/C48H28N4O2/c1-2-11-31(12-3-1)45-50-46(52-47(51-45)39-27-28-49-48-44(39)38-16-7-9-19-41(38)54-48)36-26-25-32(34-13-4-5-14-35(34)36)29-21-23-30(24-22-29)33-17-10-20-42-43(33)37-15-6-8-18-40(37)53-42/h1-28H. The van der Waals surface area contributed by atoms with Crippen molar-refractivity contribution < 1.29 is 8.83 Å². The van der Waals surface area contributed by atoms with E-state index >= 15 is 0 Å². The average Bonchev–Trinajstić information content (AvgIpc) is 3.82. The monoisotopic (exact) mass is 692 g/mol. The number of benzene rings is 7. The molecule has 0 saturated heterocycles. The van der Waals surface area contributed by atoms with E-state index in [1.165, 1.54) is 0 Å². The van der Waals surface area contributed by atoms with Crippen LogP contribution in [0.25, 0.3) is 111 Å². The van der Waals surface area contributed by atoms with Crippen molar-refractivity contribution in [1.29, 1.82) is 0 Å². The summed E-state index contributed by atoms with van der Waals surface area (Å²) in [5.74, 6) is 1.75. The second kappa shape index (κ2) is 12.1. The predicted octanol–water partition coefficient (Wildman–Crippen LogP) is 12.6. The molecule has 54 heavy (non-hydrogen) atoms. The van der Waals surface area contributed by atoms with Gasteiger partial charge in [-0.25, -0.2) is 19.9 Å². The summed E-state index contributed by atoms with van der Waals surface area (Å²) in [6.07, 6.45) is 1.75. The lowest BCUT2D eigenvalue weighted by molar-refractivity contribution is 0.654. The Kier molecular flexibility index (Phi) is 6.75. The first-order chi connectivity index (χ1) is 26.8. The fourth-order valence-electron chi connectivity index (χ4n) is 7.76. The molecule has 0 aliphatic carbocycles. The first kappa shape index (κ1) is 30.2. The Morgan fingerprint density at radius 1 is 0.315 bits per heavy atom. The summed E-state index contributed by atoms with van der Waals surface area (Å²) in [6.45, 7) is 0. The highest BCUT2D eigenvalue weighted by Crippen LogP contribution is 2.40. The highest BCUT2D eigenvalue weighted by atomic mass is 16.3. The number of para-hydroxylation sites is 2. The summed E-state index contributed by atoms with van der Waals surface area (Å²) >= 11 is 0. The molecule has 0 radical (unpaired) electrons. The Balaban J connectivity index is 1.06. The van der Waals surface area contributed by atoms with Crippen molar-refractivity contribution in [2.24, 2.45) is 0 Å². The quantitative estimate of drug-likeness (QED) is 0.179. The maximum absolute atomic E-state index is 6.18. The molecule has 0 atom stereocenters. The minimum absolute atomic E-state index is 0.549. The maximum Gasteiger partial charge on any atom is 0.228 e. The molecule has 252 valence electrons. The van der Waals surface area contributed by atoms with Gasteiger partial charge in [0, 0.05) is 39.0 Å². The minimum Gasteiger partial charge on any atom is -0.456 e.